The van der Waals surface area contributed by atoms with Crippen LogP contribution in [-0.2, 0) is 45.2 Å². The number of amides is 2. The quantitative estimate of drug-likeness (QED) is 0.140. The minimum Gasteiger partial charge on any atom is -0.490 e. The van der Waals surface area contributed by atoms with Gasteiger partial charge in [-0.15, -0.1) is 0 Å². The van der Waals surface area contributed by atoms with Gasteiger partial charge in [0.15, 0.2) is 0 Å². The Bertz CT molecular complexity index is 1750. The summed E-state index contributed by atoms with van der Waals surface area (Å²) in [5, 5.41) is 2.66. The molecule has 0 saturated carbocycles. The standard InChI is InChI=1S/C42H49N3O7/c1-43-41(46)26-33-10-6-11-36(24-33)50-28-32-12-15-35(16-13-32)37-18-20-45(42(47)52-29-31-8-4-3-5-9-31)27-40(37)51-30-34-14-17-39-38(25-34)44(21-23-49-39)19-7-22-48-2/h3-6,8-17,24-25,37,40H,7,18-23,26-30H2,1-2H3,(H,43,46). The van der Waals surface area contributed by atoms with Gasteiger partial charge < -0.3 is 38.8 Å². The summed E-state index contributed by atoms with van der Waals surface area (Å²) in [6.07, 6.45) is 1.41. The summed E-state index contributed by atoms with van der Waals surface area (Å²) in [6, 6.07) is 32.0. The molecule has 1 N–H and O–H groups in total. The van der Waals surface area contributed by atoms with Crippen LogP contribution < -0.4 is 19.7 Å². The van der Waals surface area contributed by atoms with Crippen LogP contribution in [0.1, 0.15) is 46.6 Å². The number of likely N-dealkylation sites (N-methyl/N-ethyl adjacent to an activating group) is 1. The molecule has 10 nitrogen and oxygen atoms in total. The zero-order valence-electron chi connectivity index (χ0n) is 30.1. The van der Waals surface area contributed by atoms with Crippen molar-refractivity contribution in [1.82, 2.24) is 10.2 Å². The molecule has 0 aliphatic carbocycles. The molecule has 1 fully saturated rings. The van der Waals surface area contributed by atoms with Crippen LogP contribution in [0.5, 0.6) is 11.5 Å². The average Bonchev–Trinajstić information content (AvgIpc) is 3.19. The normalized spacial score (nSPS) is 16.8. The van der Waals surface area contributed by atoms with Crippen molar-refractivity contribution < 1.29 is 33.3 Å². The number of rotatable bonds is 15. The third-order valence-electron chi connectivity index (χ3n) is 9.60. The molecule has 52 heavy (non-hydrogen) atoms. The molecule has 2 atom stereocenters. The van der Waals surface area contributed by atoms with Crippen molar-refractivity contribution in [1.29, 1.82) is 0 Å². The Morgan fingerprint density at radius 3 is 2.44 bits per heavy atom. The zero-order chi connectivity index (χ0) is 36.1. The van der Waals surface area contributed by atoms with Crippen molar-refractivity contribution in [2.45, 2.75) is 51.1 Å². The first-order valence-electron chi connectivity index (χ1n) is 18.1. The third-order valence-corrected chi connectivity index (χ3v) is 9.60. The van der Waals surface area contributed by atoms with Gasteiger partial charge in [-0.1, -0.05) is 72.8 Å². The van der Waals surface area contributed by atoms with Crippen LogP contribution in [0, 0.1) is 0 Å². The van der Waals surface area contributed by atoms with Crippen molar-refractivity contribution in [3.05, 3.63) is 125 Å². The van der Waals surface area contributed by atoms with E-state index in [1.54, 1.807) is 19.1 Å². The molecule has 0 bridgehead atoms. The summed E-state index contributed by atoms with van der Waals surface area (Å²) in [5.74, 6) is 1.65. The van der Waals surface area contributed by atoms with Gasteiger partial charge >= 0.3 is 6.09 Å². The second-order valence-corrected chi connectivity index (χ2v) is 13.2. The monoisotopic (exact) mass is 707 g/mol. The molecule has 4 aromatic rings. The highest BCUT2D eigenvalue weighted by molar-refractivity contribution is 5.78. The molecule has 2 aliphatic heterocycles. The van der Waals surface area contributed by atoms with Crippen molar-refractivity contribution in [3.8, 4) is 11.5 Å². The highest BCUT2D eigenvalue weighted by Crippen LogP contribution is 2.35. The van der Waals surface area contributed by atoms with E-state index in [0.29, 0.717) is 45.9 Å². The summed E-state index contributed by atoms with van der Waals surface area (Å²) in [5.41, 5.74) is 6.16. The van der Waals surface area contributed by atoms with Crippen molar-refractivity contribution >= 4 is 17.7 Å². The summed E-state index contributed by atoms with van der Waals surface area (Å²) < 4.78 is 29.7. The van der Waals surface area contributed by atoms with E-state index < -0.39 is 0 Å². The Morgan fingerprint density at radius 1 is 0.846 bits per heavy atom. The average molecular weight is 708 g/mol. The van der Waals surface area contributed by atoms with Crippen molar-refractivity contribution in [2.75, 3.05) is 58.5 Å². The molecule has 4 aromatic carbocycles. The molecule has 274 valence electrons. The molecular formula is C42H49N3O7. The number of methoxy groups -OCH3 is 1. The van der Waals surface area contributed by atoms with E-state index in [2.05, 4.69) is 46.6 Å². The molecule has 1 saturated heterocycles. The maximum atomic E-state index is 13.2. The number of benzene rings is 4. The van der Waals surface area contributed by atoms with Crippen LogP contribution in [0.2, 0.25) is 0 Å². The second-order valence-electron chi connectivity index (χ2n) is 13.2. The number of piperidine rings is 1. The SMILES string of the molecule is CNC(=O)Cc1cccc(OCc2ccc(C3CCN(C(=O)OCc4ccccc4)CC3OCc3ccc4c(c3)N(CCCOC)CCO4)cc2)c1. The van der Waals surface area contributed by atoms with E-state index in [1.165, 1.54) is 0 Å². The van der Waals surface area contributed by atoms with Crippen LogP contribution >= 0.6 is 0 Å². The van der Waals surface area contributed by atoms with Gasteiger partial charge in [0, 0.05) is 39.8 Å². The lowest BCUT2D eigenvalue weighted by atomic mass is 9.86. The maximum Gasteiger partial charge on any atom is 0.410 e. The minimum atomic E-state index is -0.333. The number of hydrogen-bond acceptors (Lipinski definition) is 8. The molecule has 0 spiro atoms. The number of hydrogen-bond donors (Lipinski definition) is 1. The predicted molar refractivity (Wildman–Crippen MR) is 200 cm³/mol. The first-order valence-corrected chi connectivity index (χ1v) is 18.1. The summed E-state index contributed by atoms with van der Waals surface area (Å²) in [6.45, 7) is 5.12. The molecule has 10 heteroatoms. The highest BCUT2D eigenvalue weighted by atomic mass is 16.6. The molecule has 6 rings (SSSR count). The summed E-state index contributed by atoms with van der Waals surface area (Å²) in [4.78, 5) is 29.2. The van der Waals surface area contributed by atoms with Gasteiger partial charge in [-0.2, -0.15) is 0 Å². The van der Waals surface area contributed by atoms with E-state index in [0.717, 1.165) is 70.9 Å². The maximum absolute atomic E-state index is 13.2. The van der Waals surface area contributed by atoms with Crippen LogP contribution in [0.15, 0.2) is 97.1 Å². The smallest absolute Gasteiger partial charge is 0.410 e. The van der Waals surface area contributed by atoms with E-state index in [-0.39, 0.29) is 30.6 Å². The summed E-state index contributed by atoms with van der Waals surface area (Å²) in [7, 11) is 3.36. The molecule has 0 radical (unpaired) electrons. The predicted octanol–water partition coefficient (Wildman–Crippen LogP) is 6.50. The number of fused-ring (bicyclic) bond motifs is 1. The van der Waals surface area contributed by atoms with Crippen LogP contribution in [0.25, 0.3) is 0 Å². The first-order chi connectivity index (χ1) is 25.5. The topological polar surface area (TPSA) is 98.8 Å². The second kappa shape index (κ2) is 18.4. The number of carbonyl (C=O) groups is 2. The Balaban J connectivity index is 1.13. The number of likely N-dealkylation sites (tertiary alicyclic amines) is 1. The number of nitrogens with zero attached hydrogens (tertiary/aromatic N) is 2. The first kappa shape index (κ1) is 36.7. The number of carbonyl (C=O) groups excluding carboxylic acids is 2. The van der Waals surface area contributed by atoms with Gasteiger partial charge in [0.25, 0.3) is 0 Å². The number of ether oxygens (including phenoxy) is 5. The molecule has 2 amide bonds. The van der Waals surface area contributed by atoms with Gasteiger partial charge in [0.2, 0.25) is 5.91 Å². The highest BCUT2D eigenvalue weighted by Gasteiger charge is 2.34. The van der Waals surface area contributed by atoms with Gasteiger partial charge in [-0.05, 0) is 64.9 Å². The van der Waals surface area contributed by atoms with E-state index in [9.17, 15) is 9.59 Å². The largest absolute Gasteiger partial charge is 0.490 e. The van der Waals surface area contributed by atoms with Gasteiger partial charge in [-0.25, -0.2) is 4.79 Å². The molecule has 2 aliphatic rings. The number of anilines is 1. The Morgan fingerprint density at radius 2 is 1.63 bits per heavy atom. The van der Waals surface area contributed by atoms with Gasteiger partial charge in [0.05, 0.1) is 37.9 Å². The molecule has 2 heterocycles. The van der Waals surface area contributed by atoms with Crippen molar-refractivity contribution in [2.24, 2.45) is 0 Å². The molecular weight excluding hydrogens is 658 g/mol. The summed E-state index contributed by atoms with van der Waals surface area (Å²) >= 11 is 0. The Kier molecular flexibility index (Phi) is 13.0. The fraction of sp³-hybridized carbons (Fsp3) is 0.381. The van der Waals surface area contributed by atoms with E-state index in [4.69, 9.17) is 23.7 Å². The fourth-order valence-corrected chi connectivity index (χ4v) is 6.73. The van der Waals surface area contributed by atoms with Crippen LogP contribution in [0.3, 0.4) is 0 Å². The van der Waals surface area contributed by atoms with Gasteiger partial charge in [0.1, 0.15) is 31.3 Å². The molecule has 2 unspecified atom stereocenters. The lowest BCUT2D eigenvalue weighted by Gasteiger charge is -2.38. The zero-order valence-corrected chi connectivity index (χ0v) is 30.1. The Labute approximate surface area is 306 Å². The van der Waals surface area contributed by atoms with E-state index in [1.807, 2.05) is 60.7 Å². The van der Waals surface area contributed by atoms with Crippen LogP contribution in [0.4, 0.5) is 10.5 Å². The van der Waals surface area contributed by atoms with Crippen molar-refractivity contribution in [3.63, 3.8) is 0 Å². The van der Waals surface area contributed by atoms with E-state index >= 15 is 0 Å². The minimum absolute atomic E-state index is 0.0393. The third kappa shape index (κ3) is 10.0. The molecule has 0 aromatic heterocycles. The van der Waals surface area contributed by atoms with Gasteiger partial charge in [-0.3, -0.25) is 4.79 Å². The lowest BCUT2D eigenvalue weighted by molar-refractivity contribution is -0.119. The lowest BCUT2D eigenvalue weighted by Crippen LogP contribution is -2.47. The van der Waals surface area contributed by atoms with Crippen LogP contribution in [-0.4, -0.2) is 76.6 Å². The number of nitrogens with one attached hydrogen (secondary N) is 1. The fourth-order valence-electron chi connectivity index (χ4n) is 6.73. The Hall–Kier alpha value is -5.06.